The molecule has 24 heavy (non-hydrogen) atoms. The van der Waals surface area contributed by atoms with Crippen LogP contribution in [0, 0.1) is 0 Å². The van der Waals surface area contributed by atoms with Crippen LogP contribution in [0.1, 0.15) is 11.4 Å². The van der Waals surface area contributed by atoms with Gasteiger partial charge in [-0.25, -0.2) is 4.98 Å². The maximum Gasteiger partial charge on any atom is 0.129 e. The Balaban J connectivity index is 1.67. The molecule has 4 nitrogen and oxygen atoms in total. The molecule has 0 saturated carbocycles. The minimum atomic E-state index is 0.672. The number of hydrogen-bond acceptors (Lipinski definition) is 3. The van der Waals surface area contributed by atoms with Gasteiger partial charge in [0.1, 0.15) is 5.82 Å². The van der Waals surface area contributed by atoms with Crippen LogP contribution < -0.4 is 5.32 Å². The molecule has 0 aliphatic carbocycles. The SMILES string of the molecule is c1ccc(Cn2c(CNc3ccncc3)nc3ccccc32)cc1. The lowest BCUT2D eigenvalue weighted by Gasteiger charge is -2.11. The molecule has 4 aromatic rings. The van der Waals surface area contributed by atoms with Gasteiger partial charge in [-0.2, -0.15) is 0 Å². The molecule has 0 fully saturated rings. The molecule has 0 atom stereocenters. The average molecular weight is 314 g/mol. The van der Waals surface area contributed by atoms with E-state index in [4.69, 9.17) is 4.98 Å². The second-order valence-corrected chi connectivity index (χ2v) is 5.68. The Morgan fingerprint density at radius 2 is 1.58 bits per heavy atom. The summed E-state index contributed by atoms with van der Waals surface area (Å²) in [5.74, 6) is 1.02. The summed E-state index contributed by atoms with van der Waals surface area (Å²) in [5.41, 5.74) is 4.50. The molecule has 0 aliphatic heterocycles. The Morgan fingerprint density at radius 3 is 2.42 bits per heavy atom. The van der Waals surface area contributed by atoms with Gasteiger partial charge in [-0.1, -0.05) is 42.5 Å². The highest BCUT2D eigenvalue weighted by molar-refractivity contribution is 5.76. The van der Waals surface area contributed by atoms with Crippen LogP contribution in [0.5, 0.6) is 0 Å². The first-order valence-electron chi connectivity index (χ1n) is 8.02. The summed E-state index contributed by atoms with van der Waals surface area (Å²) < 4.78 is 2.28. The molecule has 0 bridgehead atoms. The van der Waals surface area contributed by atoms with Gasteiger partial charge in [-0.3, -0.25) is 4.98 Å². The maximum atomic E-state index is 4.81. The van der Waals surface area contributed by atoms with Gasteiger partial charge in [0, 0.05) is 24.6 Å². The first kappa shape index (κ1) is 14.5. The van der Waals surface area contributed by atoms with Crippen molar-refractivity contribution in [2.24, 2.45) is 0 Å². The van der Waals surface area contributed by atoms with Gasteiger partial charge in [0.05, 0.1) is 17.6 Å². The monoisotopic (exact) mass is 314 g/mol. The van der Waals surface area contributed by atoms with Crippen molar-refractivity contribution < 1.29 is 0 Å². The molecule has 2 heterocycles. The summed E-state index contributed by atoms with van der Waals surface area (Å²) in [7, 11) is 0. The molecular formula is C20H18N4. The second-order valence-electron chi connectivity index (χ2n) is 5.68. The molecule has 1 N–H and O–H groups in total. The van der Waals surface area contributed by atoms with E-state index in [2.05, 4.69) is 57.3 Å². The van der Waals surface area contributed by atoms with E-state index < -0.39 is 0 Å². The number of hydrogen-bond donors (Lipinski definition) is 1. The normalized spacial score (nSPS) is 10.8. The van der Waals surface area contributed by atoms with Crippen molar-refractivity contribution in [2.45, 2.75) is 13.1 Å². The van der Waals surface area contributed by atoms with Gasteiger partial charge in [0.2, 0.25) is 0 Å². The third kappa shape index (κ3) is 2.99. The molecular weight excluding hydrogens is 296 g/mol. The van der Waals surface area contributed by atoms with Gasteiger partial charge < -0.3 is 9.88 Å². The predicted molar refractivity (Wildman–Crippen MR) is 96.8 cm³/mol. The van der Waals surface area contributed by atoms with Crippen LogP contribution in [0.4, 0.5) is 5.69 Å². The number of pyridine rings is 1. The minimum absolute atomic E-state index is 0.672. The van der Waals surface area contributed by atoms with E-state index in [1.54, 1.807) is 12.4 Å². The van der Waals surface area contributed by atoms with Crippen LogP contribution in [0.3, 0.4) is 0 Å². The molecule has 0 saturated heterocycles. The Labute approximate surface area is 140 Å². The topological polar surface area (TPSA) is 42.7 Å². The number of nitrogens with zero attached hydrogens (tertiary/aromatic N) is 3. The van der Waals surface area contributed by atoms with Gasteiger partial charge in [0.15, 0.2) is 0 Å². The number of fused-ring (bicyclic) bond motifs is 1. The number of imidazole rings is 1. The van der Waals surface area contributed by atoms with Crippen molar-refractivity contribution in [3.63, 3.8) is 0 Å². The Morgan fingerprint density at radius 1 is 0.833 bits per heavy atom. The third-order valence-corrected chi connectivity index (χ3v) is 4.05. The molecule has 2 aromatic heterocycles. The average Bonchev–Trinajstić information content (AvgIpc) is 2.99. The molecule has 2 aromatic carbocycles. The van der Waals surface area contributed by atoms with Crippen LogP contribution in [0.2, 0.25) is 0 Å². The third-order valence-electron chi connectivity index (χ3n) is 4.05. The zero-order valence-corrected chi connectivity index (χ0v) is 13.3. The smallest absolute Gasteiger partial charge is 0.129 e. The largest absolute Gasteiger partial charge is 0.378 e. The lowest BCUT2D eigenvalue weighted by atomic mass is 10.2. The van der Waals surface area contributed by atoms with Gasteiger partial charge in [0.25, 0.3) is 0 Å². The first-order chi connectivity index (χ1) is 11.9. The highest BCUT2D eigenvalue weighted by Crippen LogP contribution is 2.19. The molecule has 0 radical (unpaired) electrons. The number of nitrogens with one attached hydrogen (secondary N) is 1. The summed E-state index contributed by atoms with van der Waals surface area (Å²) in [5, 5.41) is 3.42. The number of anilines is 1. The van der Waals surface area contributed by atoms with E-state index in [1.807, 2.05) is 24.3 Å². The van der Waals surface area contributed by atoms with E-state index in [1.165, 1.54) is 5.56 Å². The van der Waals surface area contributed by atoms with Gasteiger partial charge in [-0.05, 0) is 29.8 Å². The standard InChI is InChI=1S/C20H18N4/c1-2-6-16(7-3-1)15-24-19-9-5-4-8-18(19)23-20(24)14-22-17-10-12-21-13-11-17/h1-13H,14-15H2,(H,21,22). The van der Waals surface area contributed by atoms with Crippen molar-refractivity contribution in [1.82, 2.24) is 14.5 Å². The fourth-order valence-electron chi connectivity index (χ4n) is 2.85. The zero-order valence-electron chi connectivity index (χ0n) is 13.3. The van der Waals surface area contributed by atoms with Crippen molar-refractivity contribution in [2.75, 3.05) is 5.32 Å². The second kappa shape index (κ2) is 6.54. The van der Waals surface area contributed by atoms with Crippen molar-refractivity contribution in [3.8, 4) is 0 Å². The van der Waals surface area contributed by atoms with Gasteiger partial charge in [-0.15, -0.1) is 0 Å². The summed E-state index contributed by atoms with van der Waals surface area (Å²) in [6.45, 7) is 1.49. The molecule has 4 heteroatoms. The Bertz CT molecular complexity index is 930. The van der Waals surface area contributed by atoms with Crippen LogP contribution >= 0.6 is 0 Å². The lowest BCUT2D eigenvalue weighted by Crippen LogP contribution is -2.09. The highest BCUT2D eigenvalue weighted by Gasteiger charge is 2.10. The fraction of sp³-hybridized carbons (Fsp3) is 0.100. The molecule has 0 amide bonds. The van der Waals surface area contributed by atoms with E-state index in [9.17, 15) is 0 Å². The number of rotatable bonds is 5. The first-order valence-corrected chi connectivity index (χ1v) is 8.02. The van der Waals surface area contributed by atoms with E-state index >= 15 is 0 Å². The lowest BCUT2D eigenvalue weighted by molar-refractivity contribution is 0.756. The maximum absolute atomic E-state index is 4.81. The fourth-order valence-corrected chi connectivity index (χ4v) is 2.85. The van der Waals surface area contributed by atoms with E-state index in [0.29, 0.717) is 6.54 Å². The van der Waals surface area contributed by atoms with Crippen molar-refractivity contribution >= 4 is 16.7 Å². The number of benzene rings is 2. The Hall–Kier alpha value is -3.14. The molecule has 4 rings (SSSR count). The highest BCUT2D eigenvalue weighted by atomic mass is 15.1. The number of para-hydroxylation sites is 2. The quantitative estimate of drug-likeness (QED) is 0.603. The van der Waals surface area contributed by atoms with E-state index in [0.717, 1.165) is 29.1 Å². The van der Waals surface area contributed by atoms with Crippen molar-refractivity contribution in [1.29, 1.82) is 0 Å². The predicted octanol–water partition coefficient (Wildman–Crippen LogP) is 4.09. The molecule has 118 valence electrons. The molecule has 0 spiro atoms. The summed E-state index contributed by atoms with van der Waals surface area (Å²) in [6.07, 6.45) is 3.57. The molecule has 0 unspecified atom stereocenters. The summed E-state index contributed by atoms with van der Waals surface area (Å²) in [6, 6.07) is 22.7. The zero-order chi connectivity index (χ0) is 16.2. The van der Waals surface area contributed by atoms with E-state index in [-0.39, 0.29) is 0 Å². The van der Waals surface area contributed by atoms with Crippen LogP contribution in [0.25, 0.3) is 11.0 Å². The van der Waals surface area contributed by atoms with Crippen LogP contribution in [0.15, 0.2) is 79.1 Å². The summed E-state index contributed by atoms with van der Waals surface area (Å²) >= 11 is 0. The van der Waals surface area contributed by atoms with Crippen molar-refractivity contribution in [3.05, 3.63) is 90.5 Å². The molecule has 0 aliphatic rings. The van der Waals surface area contributed by atoms with Gasteiger partial charge >= 0.3 is 0 Å². The number of aromatic nitrogens is 3. The summed E-state index contributed by atoms with van der Waals surface area (Å²) in [4.78, 5) is 8.86. The van der Waals surface area contributed by atoms with Crippen LogP contribution in [-0.2, 0) is 13.1 Å². The minimum Gasteiger partial charge on any atom is -0.378 e. The Kier molecular flexibility index (Phi) is 3.94. The van der Waals surface area contributed by atoms with Crippen LogP contribution in [-0.4, -0.2) is 14.5 Å².